The fraction of sp³-hybridized carbons (Fsp3) is 0.467. The maximum absolute atomic E-state index is 12.2. The van der Waals surface area contributed by atoms with Crippen molar-refractivity contribution in [2.75, 3.05) is 38.0 Å². The van der Waals surface area contributed by atoms with Gasteiger partial charge in [-0.05, 0) is 37.7 Å². The fourth-order valence-electron chi connectivity index (χ4n) is 2.36. The van der Waals surface area contributed by atoms with Gasteiger partial charge >= 0.3 is 6.03 Å². The minimum Gasteiger partial charge on any atom is -0.323 e. The lowest BCUT2D eigenvalue weighted by Gasteiger charge is -2.21. The van der Waals surface area contributed by atoms with E-state index in [0.29, 0.717) is 11.3 Å². The number of hydrogen-bond acceptors (Lipinski definition) is 3. The Bertz CT molecular complexity index is 509. The van der Waals surface area contributed by atoms with E-state index in [1.807, 2.05) is 4.90 Å². The van der Waals surface area contributed by atoms with Crippen LogP contribution in [-0.2, 0) is 0 Å². The highest BCUT2D eigenvalue weighted by Crippen LogP contribution is 2.11. The summed E-state index contributed by atoms with van der Waals surface area (Å²) >= 11 is 0. The van der Waals surface area contributed by atoms with Crippen LogP contribution in [0.25, 0.3) is 0 Å². The van der Waals surface area contributed by atoms with Crippen molar-refractivity contribution in [2.45, 2.75) is 13.3 Å². The summed E-state index contributed by atoms with van der Waals surface area (Å²) in [4.78, 5) is 16.4. The van der Waals surface area contributed by atoms with E-state index in [1.54, 1.807) is 24.3 Å². The molecule has 1 aliphatic rings. The summed E-state index contributed by atoms with van der Waals surface area (Å²) in [6.07, 6.45) is 0.999. The molecule has 5 nitrogen and oxygen atoms in total. The molecule has 1 N–H and O–H groups in total. The highest BCUT2D eigenvalue weighted by molar-refractivity contribution is 5.89. The maximum atomic E-state index is 12.2. The molecule has 106 valence electrons. The predicted octanol–water partition coefficient (Wildman–Crippen LogP) is 2.12. The quantitative estimate of drug-likeness (QED) is 0.897. The largest absolute Gasteiger partial charge is 0.323 e. The minimum absolute atomic E-state index is 0.0851. The van der Waals surface area contributed by atoms with Gasteiger partial charge in [-0.25, -0.2) is 4.79 Å². The molecule has 0 radical (unpaired) electrons. The van der Waals surface area contributed by atoms with Gasteiger partial charge in [0.2, 0.25) is 0 Å². The molecule has 0 aliphatic carbocycles. The molecule has 1 heterocycles. The second-order valence-corrected chi connectivity index (χ2v) is 4.90. The summed E-state index contributed by atoms with van der Waals surface area (Å²) in [6.45, 7) is 6.66. The maximum Gasteiger partial charge on any atom is 0.321 e. The summed E-state index contributed by atoms with van der Waals surface area (Å²) < 4.78 is 0. The molecule has 1 saturated heterocycles. The van der Waals surface area contributed by atoms with Crippen LogP contribution in [0.5, 0.6) is 0 Å². The zero-order valence-electron chi connectivity index (χ0n) is 11.8. The number of hydrogen-bond donors (Lipinski definition) is 1. The molecule has 0 atom stereocenters. The molecule has 0 saturated carbocycles. The lowest BCUT2D eigenvalue weighted by atomic mass is 10.2. The second-order valence-electron chi connectivity index (χ2n) is 4.90. The molecule has 5 heteroatoms. The number of nitrogens with one attached hydrogen (secondary N) is 1. The summed E-state index contributed by atoms with van der Waals surface area (Å²) in [5.41, 5.74) is 1.22. The van der Waals surface area contributed by atoms with E-state index in [-0.39, 0.29) is 6.03 Å². The number of amides is 2. The Hall–Kier alpha value is -2.06. The number of carbonyl (C=O) groups excluding carboxylic acids is 1. The number of benzene rings is 1. The normalized spacial score (nSPS) is 16.3. The van der Waals surface area contributed by atoms with Crippen LogP contribution >= 0.6 is 0 Å². The Morgan fingerprint density at radius 1 is 1.35 bits per heavy atom. The number of likely N-dealkylation sites (N-methyl/N-ethyl adjacent to an activating group) is 1. The number of anilines is 1. The average molecular weight is 272 g/mol. The molecular weight excluding hydrogens is 252 g/mol. The summed E-state index contributed by atoms with van der Waals surface area (Å²) in [7, 11) is 0. The number of carbonyl (C=O) groups is 1. The molecule has 1 aromatic rings. The van der Waals surface area contributed by atoms with Gasteiger partial charge in [-0.15, -0.1) is 0 Å². The van der Waals surface area contributed by atoms with Crippen molar-refractivity contribution < 1.29 is 4.79 Å². The molecule has 0 aromatic heterocycles. The minimum atomic E-state index is -0.0851. The predicted molar refractivity (Wildman–Crippen MR) is 78.5 cm³/mol. The Balaban J connectivity index is 1.95. The second kappa shape index (κ2) is 6.92. The van der Waals surface area contributed by atoms with E-state index in [1.165, 1.54) is 0 Å². The van der Waals surface area contributed by atoms with E-state index in [9.17, 15) is 4.79 Å². The fourth-order valence-corrected chi connectivity index (χ4v) is 2.36. The van der Waals surface area contributed by atoms with E-state index >= 15 is 0 Å². The number of urea groups is 1. The van der Waals surface area contributed by atoms with Crippen molar-refractivity contribution in [2.24, 2.45) is 0 Å². The number of nitrogens with zero attached hydrogens (tertiary/aromatic N) is 3. The van der Waals surface area contributed by atoms with Gasteiger partial charge < -0.3 is 15.1 Å². The first-order chi connectivity index (χ1) is 9.72. The van der Waals surface area contributed by atoms with Gasteiger partial charge in [0.05, 0.1) is 11.6 Å². The zero-order chi connectivity index (χ0) is 14.4. The van der Waals surface area contributed by atoms with E-state index < -0.39 is 0 Å². The van der Waals surface area contributed by atoms with Crippen LogP contribution in [0.2, 0.25) is 0 Å². The van der Waals surface area contributed by atoms with Crippen LogP contribution in [0.3, 0.4) is 0 Å². The molecule has 1 fully saturated rings. The third-order valence-electron chi connectivity index (χ3n) is 3.57. The Labute approximate surface area is 119 Å². The van der Waals surface area contributed by atoms with Crippen molar-refractivity contribution in [1.29, 1.82) is 5.26 Å². The van der Waals surface area contributed by atoms with Gasteiger partial charge in [0.1, 0.15) is 0 Å². The highest BCUT2D eigenvalue weighted by atomic mass is 16.2. The molecule has 0 bridgehead atoms. The average Bonchev–Trinajstić information content (AvgIpc) is 2.73. The summed E-state index contributed by atoms with van der Waals surface area (Å²) in [5.74, 6) is 0. The van der Waals surface area contributed by atoms with Gasteiger partial charge in [0.15, 0.2) is 0 Å². The number of rotatable bonds is 2. The van der Waals surface area contributed by atoms with Crippen LogP contribution in [0.1, 0.15) is 18.9 Å². The molecule has 0 unspecified atom stereocenters. The molecule has 20 heavy (non-hydrogen) atoms. The molecule has 1 aromatic carbocycles. The van der Waals surface area contributed by atoms with Crippen LogP contribution in [0.15, 0.2) is 24.3 Å². The molecule has 0 spiro atoms. The monoisotopic (exact) mass is 272 g/mol. The zero-order valence-corrected chi connectivity index (χ0v) is 11.8. The van der Waals surface area contributed by atoms with Crippen LogP contribution in [0, 0.1) is 11.3 Å². The molecule has 2 amide bonds. The van der Waals surface area contributed by atoms with Gasteiger partial charge in [-0.3, -0.25) is 0 Å². The van der Waals surface area contributed by atoms with Crippen molar-refractivity contribution in [3.8, 4) is 6.07 Å². The van der Waals surface area contributed by atoms with Gasteiger partial charge in [-0.2, -0.15) is 5.26 Å². The first-order valence-electron chi connectivity index (χ1n) is 7.01. The third kappa shape index (κ3) is 3.72. The topological polar surface area (TPSA) is 59.4 Å². The smallest absolute Gasteiger partial charge is 0.321 e. The Kier molecular flexibility index (Phi) is 4.97. The van der Waals surface area contributed by atoms with Crippen molar-refractivity contribution in [3.63, 3.8) is 0 Å². The van der Waals surface area contributed by atoms with Crippen LogP contribution in [0.4, 0.5) is 10.5 Å². The Morgan fingerprint density at radius 3 is 2.95 bits per heavy atom. The van der Waals surface area contributed by atoms with E-state index in [2.05, 4.69) is 23.2 Å². The Morgan fingerprint density at radius 2 is 2.20 bits per heavy atom. The van der Waals surface area contributed by atoms with Gasteiger partial charge in [-0.1, -0.05) is 13.0 Å². The SMILES string of the molecule is CCN1CCCN(C(=O)Nc2cccc(C#N)c2)CC1. The van der Waals surface area contributed by atoms with E-state index in [0.717, 1.165) is 39.1 Å². The van der Waals surface area contributed by atoms with Crippen LogP contribution < -0.4 is 5.32 Å². The molecule has 1 aliphatic heterocycles. The molecular formula is C15H20N4O. The number of nitriles is 1. The summed E-state index contributed by atoms with van der Waals surface area (Å²) in [6, 6.07) is 8.97. The lowest BCUT2D eigenvalue weighted by Crippen LogP contribution is -2.38. The first kappa shape index (κ1) is 14.4. The standard InChI is InChI=1S/C15H20N4O/c1-2-18-7-4-8-19(10-9-18)15(20)17-14-6-3-5-13(11-14)12-16/h3,5-6,11H,2,4,7-10H2,1H3,(H,17,20). The van der Waals surface area contributed by atoms with E-state index in [4.69, 9.17) is 5.26 Å². The molecule has 2 rings (SSSR count). The van der Waals surface area contributed by atoms with Gasteiger partial charge in [0, 0.05) is 25.3 Å². The highest BCUT2D eigenvalue weighted by Gasteiger charge is 2.18. The van der Waals surface area contributed by atoms with Crippen molar-refractivity contribution >= 4 is 11.7 Å². The first-order valence-corrected chi connectivity index (χ1v) is 7.01. The van der Waals surface area contributed by atoms with Gasteiger partial charge in [0.25, 0.3) is 0 Å². The van der Waals surface area contributed by atoms with Crippen molar-refractivity contribution in [1.82, 2.24) is 9.80 Å². The van der Waals surface area contributed by atoms with Crippen molar-refractivity contribution in [3.05, 3.63) is 29.8 Å². The van der Waals surface area contributed by atoms with Crippen LogP contribution in [-0.4, -0.2) is 48.6 Å². The lowest BCUT2D eigenvalue weighted by molar-refractivity contribution is 0.212. The third-order valence-corrected chi connectivity index (χ3v) is 3.57. The summed E-state index contributed by atoms with van der Waals surface area (Å²) in [5, 5.41) is 11.7.